The summed E-state index contributed by atoms with van der Waals surface area (Å²) in [6, 6.07) is 3.03. The standard InChI is InChI=1S/C13H16FN3O3.ClH/c1-8-7-15-5-4-12(8)16-13(18)10-3-2-9(17(19)20)6-11(10)14;/h2-3,6,8,12,15H,4-5,7H2,1H3,(H,16,18);1H. The molecule has 1 aromatic carbocycles. The lowest BCUT2D eigenvalue weighted by molar-refractivity contribution is -0.385. The normalized spacial score (nSPS) is 21.2. The molecule has 0 bridgehead atoms. The van der Waals surface area contributed by atoms with E-state index in [9.17, 15) is 19.3 Å². The van der Waals surface area contributed by atoms with Crippen LogP contribution in [0.4, 0.5) is 10.1 Å². The fraction of sp³-hybridized carbons (Fsp3) is 0.462. The molecule has 0 radical (unpaired) electrons. The first kappa shape index (κ1) is 17.3. The maximum atomic E-state index is 13.7. The van der Waals surface area contributed by atoms with E-state index >= 15 is 0 Å². The third-order valence-electron chi connectivity index (χ3n) is 3.51. The average molecular weight is 318 g/mol. The van der Waals surface area contributed by atoms with Crippen LogP contribution in [-0.4, -0.2) is 30.0 Å². The molecule has 8 heteroatoms. The van der Waals surface area contributed by atoms with E-state index in [0.717, 1.165) is 37.7 Å². The van der Waals surface area contributed by atoms with Crippen molar-refractivity contribution in [1.82, 2.24) is 10.6 Å². The minimum atomic E-state index is -0.877. The Morgan fingerprint density at radius 2 is 2.24 bits per heavy atom. The van der Waals surface area contributed by atoms with Crippen molar-refractivity contribution in [2.24, 2.45) is 5.92 Å². The van der Waals surface area contributed by atoms with Crippen LogP contribution >= 0.6 is 12.4 Å². The van der Waals surface area contributed by atoms with Crippen LogP contribution in [0.1, 0.15) is 23.7 Å². The molecule has 6 nitrogen and oxygen atoms in total. The van der Waals surface area contributed by atoms with Crippen molar-refractivity contribution in [3.8, 4) is 0 Å². The van der Waals surface area contributed by atoms with E-state index < -0.39 is 16.6 Å². The molecule has 0 saturated carbocycles. The molecule has 0 spiro atoms. The number of rotatable bonds is 3. The molecule has 1 saturated heterocycles. The summed E-state index contributed by atoms with van der Waals surface area (Å²) in [7, 11) is 0. The minimum absolute atomic E-state index is 0. The molecule has 1 fully saturated rings. The van der Waals surface area contributed by atoms with Crippen molar-refractivity contribution in [1.29, 1.82) is 0 Å². The molecule has 1 heterocycles. The number of hydrogen-bond acceptors (Lipinski definition) is 4. The molecule has 21 heavy (non-hydrogen) atoms. The largest absolute Gasteiger partial charge is 0.349 e. The Bertz CT molecular complexity index is 541. The molecule has 2 unspecified atom stereocenters. The molecule has 0 aliphatic carbocycles. The maximum Gasteiger partial charge on any atom is 0.272 e. The second-order valence-corrected chi connectivity index (χ2v) is 4.97. The molecule has 116 valence electrons. The van der Waals surface area contributed by atoms with E-state index in [-0.39, 0.29) is 35.6 Å². The highest BCUT2D eigenvalue weighted by atomic mass is 35.5. The molecular weight excluding hydrogens is 301 g/mol. The van der Waals surface area contributed by atoms with Gasteiger partial charge in [-0.05, 0) is 31.5 Å². The number of carbonyl (C=O) groups excluding carboxylic acids is 1. The van der Waals surface area contributed by atoms with E-state index in [4.69, 9.17) is 0 Å². The Labute approximate surface area is 127 Å². The van der Waals surface area contributed by atoms with Gasteiger partial charge in [-0.2, -0.15) is 0 Å². The van der Waals surface area contributed by atoms with E-state index in [0.29, 0.717) is 0 Å². The number of nitrogens with one attached hydrogen (secondary N) is 2. The SMILES string of the molecule is CC1CNCCC1NC(=O)c1ccc([N+](=O)[O-])cc1F.Cl. The van der Waals surface area contributed by atoms with Gasteiger partial charge in [0.1, 0.15) is 5.82 Å². The van der Waals surface area contributed by atoms with Gasteiger partial charge < -0.3 is 10.6 Å². The lowest BCUT2D eigenvalue weighted by Gasteiger charge is -2.30. The first-order chi connectivity index (χ1) is 9.49. The van der Waals surface area contributed by atoms with E-state index in [1.165, 1.54) is 0 Å². The number of nitro benzene ring substituents is 1. The van der Waals surface area contributed by atoms with Crippen LogP contribution in [-0.2, 0) is 0 Å². The molecule has 2 rings (SSSR count). The number of benzene rings is 1. The highest BCUT2D eigenvalue weighted by Crippen LogP contribution is 2.17. The summed E-state index contributed by atoms with van der Waals surface area (Å²) in [6.07, 6.45) is 0.779. The van der Waals surface area contributed by atoms with Crippen LogP contribution in [0.2, 0.25) is 0 Å². The van der Waals surface area contributed by atoms with Crippen molar-refractivity contribution >= 4 is 24.0 Å². The van der Waals surface area contributed by atoms with Crippen molar-refractivity contribution in [2.45, 2.75) is 19.4 Å². The Hall–Kier alpha value is -1.73. The van der Waals surface area contributed by atoms with Gasteiger partial charge in [0.25, 0.3) is 11.6 Å². The van der Waals surface area contributed by atoms with Gasteiger partial charge in [-0.15, -0.1) is 12.4 Å². The van der Waals surface area contributed by atoms with Gasteiger partial charge in [0.05, 0.1) is 16.6 Å². The number of carbonyl (C=O) groups is 1. The predicted molar refractivity (Wildman–Crippen MR) is 78.2 cm³/mol. The average Bonchev–Trinajstić information content (AvgIpc) is 2.41. The van der Waals surface area contributed by atoms with Crippen LogP contribution < -0.4 is 10.6 Å². The summed E-state index contributed by atoms with van der Waals surface area (Å²) in [5, 5.41) is 16.5. The summed E-state index contributed by atoms with van der Waals surface area (Å²) in [4.78, 5) is 21.8. The number of nitro groups is 1. The van der Waals surface area contributed by atoms with Gasteiger partial charge >= 0.3 is 0 Å². The summed E-state index contributed by atoms with van der Waals surface area (Å²) >= 11 is 0. The van der Waals surface area contributed by atoms with Gasteiger partial charge in [0, 0.05) is 12.1 Å². The summed E-state index contributed by atoms with van der Waals surface area (Å²) < 4.78 is 13.7. The van der Waals surface area contributed by atoms with Crippen LogP contribution in [0.5, 0.6) is 0 Å². The number of hydrogen-bond donors (Lipinski definition) is 2. The van der Waals surface area contributed by atoms with Gasteiger partial charge in [-0.3, -0.25) is 14.9 Å². The Kier molecular flexibility index (Phi) is 6.04. The van der Waals surface area contributed by atoms with Crippen molar-refractivity contribution in [3.05, 3.63) is 39.7 Å². The van der Waals surface area contributed by atoms with Gasteiger partial charge in [0.15, 0.2) is 0 Å². The zero-order valence-electron chi connectivity index (χ0n) is 11.5. The number of nitrogens with zero attached hydrogens (tertiary/aromatic N) is 1. The smallest absolute Gasteiger partial charge is 0.272 e. The van der Waals surface area contributed by atoms with Crippen LogP contribution in [0.15, 0.2) is 18.2 Å². The third kappa shape index (κ3) is 4.12. The van der Waals surface area contributed by atoms with Crippen LogP contribution in [0.25, 0.3) is 0 Å². The van der Waals surface area contributed by atoms with Crippen LogP contribution in [0, 0.1) is 21.8 Å². The van der Waals surface area contributed by atoms with E-state index in [2.05, 4.69) is 10.6 Å². The molecule has 1 aliphatic rings. The number of amides is 1. The first-order valence-corrected chi connectivity index (χ1v) is 6.44. The molecule has 2 atom stereocenters. The van der Waals surface area contributed by atoms with Gasteiger partial charge in [-0.25, -0.2) is 4.39 Å². The van der Waals surface area contributed by atoms with Gasteiger partial charge in [0.2, 0.25) is 0 Å². The summed E-state index contributed by atoms with van der Waals surface area (Å²) in [5.74, 6) is -1.15. The molecular formula is C13H17ClFN3O3. The van der Waals surface area contributed by atoms with Crippen LogP contribution in [0.3, 0.4) is 0 Å². The Morgan fingerprint density at radius 1 is 1.52 bits per heavy atom. The lowest BCUT2D eigenvalue weighted by Crippen LogP contribution is -2.48. The molecule has 1 aromatic rings. The molecule has 2 N–H and O–H groups in total. The Balaban J connectivity index is 0.00000220. The quantitative estimate of drug-likeness (QED) is 0.658. The zero-order valence-corrected chi connectivity index (χ0v) is 12.3. The lowest BCUT2D eigenvalue weighted by atomic mass is 9.95. The molecule has 1 aliphatic heterocycles. The highest BCUT2D eigenvalue weighted by Gasteiger charge is 2.24. The second kappa shape index (κ2) is 7.33. The molecule has 0 aromatic heterocycles. The monoisotopic (exact) mass is 317 g/mol. The fourth-order valence-electron chi connectivity index (χ4n) is 2.28. The van der Waals surface area contributed by atoms with Crippen molar-refractivity contribution < 1.29 is 14.1 Å². The third-order valence-corrected chi connectivity index (χ3v) is 3.51. The number of piperidine rings is 1. The summed E-state index contributed by atoms with van der Waals surface area (Å²) in [5.41, 5.74) is -0.532. The molecule has 1 amide bonds. The first-order valence-electron chi connectivity index (χ1n) is 6.44. The van der Waals surface area contributed by atoms with E-state index in [1.807, 2.05) is 6.92 Å². The number of halogens is 2. The zero-order chi connectivity index (χ0) is 14.7. The fourth-order valence-corrected chi connectivity index (χ4v) is 2.28. The predicted octanol–water partition coefficient (Wildman–Crippen LogP) is 1.88. The van der Waals surface area contributed by atoms with Crippen molar-refractivity contribution in [3.63, 3.8) is 0 Å². The summed E-state index contributed by atoms with van der Waals surface area (Å²) in [6.45, 7) is 3.61. The highest BCUT2D eigenvalue weighted by molar-refractivity contribution is 5.94. The Morgan fingerprint density at radius 3 is 2.81 bits per heavy atom. The maximum absolute atomic E-state index is 13.7. The van der Waals surface area contributed by atoms with Gasteiger partial charge in [-0.1, -0.05) is 6.92 Å². The van der Waals surface area contributed by atoms with Crippen molar-refractivity contribution in [2.75, 3.05) is 13.1 Å². The topological polar surface area (TPSA) is 84.3 Å². The van der Waals surface area contributed by atoms with E-state index in [1.54, 1.807) is 0 Å². The second-order valence-electron chi connectivity index (χ2n) is 4.97. The minimum Gasteiger partial charge on any atom is -0.349 e. The number of non-ortho nitro benzene ring substituents is 1.